The molecule has 1 aliphatic rings. The van der Waals surface area contributed by atoms with Gasteiger partial charge in [-0.2, -0.15) is 0 Å². The van der Waals surface area contributed by atoms with Crippen molar-refractivity contribution >= 4 is 6.41 Å². The molecule has 1 saturated heterocycles. The second-order valence-corrected chi connectivity index (χ2v) is 4.73. The van der Waals surface area contributed by atoms with Crippen LogP contribution in [0.2, 0.25) is 0 Å². The summed E-state index contributed by atoms with van der Waals surface area (Å²) in [6, 6.07) is 8.85. The van der Waals surface area contributed by atoms with E-state index < -0.39 is 0 Å². The summed E-state index contributed by atoms with van der Waals surface area (Å²) >= 11 is 0. The van der Waals surface area contributed by atoms with Crippen LogP contribution in [0.25, 0.3) is 0 Å². The summed E-state index contributed by atoms with van der Waals surface area (Å²) in [5.74, 6) is 0.764. The minimum atomic E-state index is 0.250. The highest BCUT2D eigenvalue weighted by Crippen LogP contribution is 2.28. The molecule has 1 amide bonds. The summed E-state index contributed by atoms with van der Waals surface area (Å²) < 4.78 is 0. The maximum atomic E-state index is 8.58. The first-order valence-electron chi connectivity index (χ1n) is 6.66. The lowest BCUT2D eigenvalue weighted by Gasteiger charge is -2.32. The van der Waals surface area contributed by atoms with Gasteiger partial charge in [0, 0.05) is 6.54 Å². The largest absolute Gasteiger partial charge is 0.372 e. The second kappa shape index (κ2) is 7.88. The topological polar surface area (TPSA) is 46.3 Å². The number of aryl methyl sites for hydroxylation is 1. The number of benzene rings is 1. The van der Waals surface area contributed by atoms with Crippen molar-refractivity contribution in [3.05, 3.63) is 35.4 Å². The Morgan fingerprint density at radius 2 is 2.11 bits per heavy atom. The fourth-order valence-electron chi connectivity index (χ4n) is 2.64. The Morgan fingerprint density at radius 3 is 2.72 bits per heavy atom. The molecular weight excluding hydrogens is 224 g/mol. The number of carbonyl (C=O) groups excluding carboxylic acids is 1. The maximum absolute atomic E-state index is 8.58. The van der Waals surface area contributed by atoms with E-state index in [0.717, 1.165) is 5.92 Å². The summed E-state index contributed by atoms with van der Waals surface area (Å²) in [7, 11) is 0. The van der Waals surface area contributed by atoms with Crippen LogP contribution in [0.5, 0.6) is 0 Å². The van der Waals surface area contributed by atoms with Crippen molar-refractivity contribution in [2.45, 2.75) is 32.6 Å². The molecule has 1 fully saturated rings. The van der Waals surface area contributed by atoms with Gasteiger partial charge in [0.15, 0.2) is 0 Å². The lowest BCUT2D eigenvalue weighted by Crippen LogP contribution is -2.34. The number of hydrogen-bond donors (Lipinski definition) is 1. The van der Waals surface area contributed by atoms with Gasteiger partial charge in [-0.25, -0.2) is 0 Å². The number of likely N-dealkylation sites (tertiary alicyclic amines) is 1. The van der Waals surface area contributed by atoms with E-state index in [9.17, 15) is 0 Å². The van der Waals surface area contributed by atoms with Crippen molar-refractivity contribution in [1.82, 2.24) is 4.90 Å². The first kappa shape index (κ1) is 14.7. The normalized spacial score (nSPS) is 19.8. The van der Waals surface area contributed by atoms with Gasteiger partial charge in [-0.3, -0.25) is 4.79 Å². The fraction of sp³-hybridized carbons (Fsp3) is 0.533. The zero-order chi connectivity index (χ0) is 13.4. The van der Waals surface area contributed by atoms with Crippen LogP contribution in [0.3, 0.4) is 0 Å². The molecule has 100 valence electrons. The predicted octanol–water partition coefficient (Wildman–Crippen LogP) is 2.30. The highest BCUT2D eigenvalue weighted by Gasteiger charge is 2.20. The van der Waals surface area contributed by atoms with Crippen molar-refractivity contribution in [2.24, 2.45) is 5.73 Å². The molecule has 0 saturated carbocycles. The molecule has 1 atom stereocenters. The molecule has 18 heavy (non-hydrogen) atoms. The van der Waals surface area contributed by atoms with Gasteiger partial charge in [0.1, 0.15) is 0 Å². The number of piperidine rings is 1. The molecule has 3 nitrogen and oxygen atoms in total. The SMILES string of the molecule is CCN1CCCC(c2ccccc2C)C1.NC=O. The third-order valence-electron chi connectivity index (χ3n) is 3.58. The smallest absolute Gasteiger partial charge is 0.204 e. The maximum Gasteiger partial charge on any atom is 0.204 e. The van der Waals surface area contributed by atoms with E-state index >= 15 is 0 Å². The first-order chi connectivity index (χ1) is 8.72. The number of likely N-dealkylation sites (N-methyl/N-ethyl adjacent to an activating group) is 1. The van der Waals surface area contributed by atoms with E-state index in [2.05, 4.69) is 48.7 Å². The highest BCUT2D eigenvalue weighted by atomic mass is 16.1. The van der Waals surface area contributed by atoms with E-state index in [1.54, 1.807) is 5.56 Å². The minimum Gasteiger partial charge on any atom is -0.372 e. The summed E-state index contributed by atoms with van der Waals surface area (Å²) in [6.45, 7) is 8.24. The quantitative estimate of drug-likeness (QED) is 0.816. The Bertz CT molecular complexity index is 365. The van der Waals surface area contributed by atoms with Crippen molar-refractivity contribution < 1.29 is 4.79 Å². The van der Waals surface area contributed by atoms with Crippen LogP contribution in [0.15, 0.2) is 24.3 Å². The Kier molecular flexibility index (Phi) is 6.44. The average molecular weight is 248 g/mol. The first-order valence-corrected chi connectivity index (χ1v) is 6.66. The van der Waals surface area contributed by atoms with Gasteiger partial charge < -0.3 is 10.6 Å². The number of nitrogens with zero attached hydrogens (tertiary/aromatic N) is 1. The van der Waals surface area contributed by atoms with Crippen LogP contribution in [0.4, 0.5) is 0 Å². The Hall–Kier alpha value is -1.35. The molecular formula is C15H24N2O. The Labute approximate surface area is 110 Å². The fourth-order valence-corrected chi connectivity index (χ4v) is 2.64. The van der Waals surface area contributed by atoms with Gasteiger partial charge in [0.05, 0.1) is 0 Å². The van der Waals surface area contributed by atoms with Gasteiger partial charge in [0.25, 0.3) is 0 Å². The van der Waals surface area contributed by atoms with E-state index in [1.807, 2.05) is 0 Å². The predicted molar refractivity (Wildman–Crippen MR) is 75.5 cm³/mol. The molecule has 3 heteroatoms. The minimum absolute atomic E-state index is 0.250. The molecule has 1 aromatic carbocycles. The average Bonchev–Trinajstić information content (AvgIpc) is 2.40. The third-order valence-corrected chi connectivity index (χ3v) is 3.58. The zero-order valence-electron chi connectivity index (χ0n) is 11.4. The molecule has 0 aliphatic carbocycles. The van der Waals surface area contributed by atoms with Crippen molar-refractivity contribution in [2.75, 3.05) is 19.6 Å². The Balaban J connectivity index is 0.000000492. The monoisotopic (exact) mass is 248 g/mol. The molecule has 1 unspecified atom stereocenters. The molecule has 1 aliphatic heterocycles. The van der Waals surface area contributed by atoms with Crippen LogP contribution in [-0.4, -0.2) is 30.9 Å². The molecule has 1 aromatic rings. The van der Waals surface area contributed by atoms with Crippen LogP contribution >= 0.6 is 0 Å². The number of carbonyl (C=O) groups is 1. The molecule has 2 N–H and O–H groups in total. The highest BCUT2D eigenvalue weighted by molar-refractivity contribution is 5.42. The van der Waals surface area contributed by atoms with E-state index in [-0.39, 0.29) is 6.41 Å². The van der Waals surface area contributed by atoms with Gasteiger partial charge in [-0.1, -0.05) is 31.2 Å². The molecule has 1 heterocycles. The molecule has 2 rings (SSSR count). The summed E-state index contributed by atoms with van der Waals surface area (Å²) in [6.07, 6.45) is 2.97. The molecule has 0 spiro atoms. The van der Waals surface area contributed by atoms with E-state index in [4.69, 9.17) is 4.79 Å². The molecule has 0 radical (unpaired) electrons. The van der Waals surface area contributed by atoms with Crippen molar-refractivity contribution in [1.29, 1.82) is 0 Å². The Morgan fingerprint density at radius 1 is 1.44 bits per heavy atom. The van der Waals surface area contributed by atoms with E-state index in [0.29, 0.717) is 0 Å². The summed E-state index contributed by atoms with van der Waals surface area (Å²) in [5.41, 5.74) is 7.19. The van der Waals surface area contributed by atoms with Crippen LogP contribution < -0.4 is 5.73 Å². The van der Waals surface area contributed by atoms with Crippen molar-refractivity contribution in [3.63, 3.8) is 0 Å². The second-order valence-electron chi connectivity index (χ2n) is 4.73. The number of rotatable bonds is 2. The number of hydrogen-bond acceptors (Lipinski definition) is 2. The lowest BCUT2D eigenvalue weighted by atomic mass is 9.88. The third kappa shape index (κ3) is 4.15. The number of amides is 1. The van der Waals surface area contributed by atoms with Gasteiger partial charge in [0.2, 0.25) is 6.41 Å². The van der Waals surface area contributed by atoms with Crippen LogP contribution in [-0.2, 0) is 4.79 Å². The number of nitrogens with two attached hydrogens (primary N) is 1. The van der Waals surface area contributed by atoms with Gasteiger partial charge >= 0.3 is 0 Å². The van der Waals surface area contributed by atoms with Gasteiger partial charge in [-0.15, -0.1) is 0 Å². The van der Waals surface area contributed by atoms with Crippen molar-refractivity contribution in [3.8, 4) is 0 Å². The van der Waals surface area contributed by atoms with Crippen LogP contribution in [0, 0.1) is 6.92 Å². The van der Waals surface area contributed by atoms with Crippen LogP contribution in [0.1, 0.15) is 36.8 Å². The van der Waals surface area contributed by atoms with Gasteiger partial charge in [-0.05, 0) is 49.9 Å². The standard InChI is InChI=1S/C14H21N.CH3NO/c1-3-15-10-6-8-13(11-15)14-9-5-4-7-12(14)2;2-1-3/h4-5,7,9,13H,3,6,8,10-11H2,1-2H3;1H,(H2,2,3). The molecule has 0 bridgehead atoms. The molecule has 0 aromatic heterocycles. The summed E-state index contributed by atoms with van der Waals surface area (Å²) in [4.78, 5) is 11.2. The zero-order valence-corrected chi connectivity index (χ0v) is 11.4. The number of primary amides is 1. The van der Waals surface area contributed by atoms with E-state index in [1.165, 1.54) is 38.0 Å². The summed E-state index contributed by atoms with van der Waals surface area (Å²) in [5, 5.41) is 0. The lowest BCUT2D eigenvalue weighted by molar-refractivity contribution is -0.106.